The SMILES string of the molecule is CC1(C)CC(Nc2nn3cc(C(C)(C)C)nc3s2)C(C)(C)O1. The fourth-order valence-electron chi connectivity index (χ4n) is 3.06. The molecular weight excluding hydrogens is 296 g/mol. The second-order valence-electron chi connectivity index (χ2n) is 8.38. The van der Waals surface area contributed by atoms with Gasteiger partial charge in [0.05, 0.1) is 29.1 Å². The maximum absolute atomic E-state index is 6.13. The highest BCUT2D eigenvalue weighted by atomic mass is 32.1. The Labute approximate surface area is 136 Å². The molecule has 1 saturated heterocycles. The van der Waals surface area contributed by atoms with Crippen LogP contribution in [-0.2, 0) is 10.2 Å². The Bertz CT molecular complexity index is 661. The van der Waals surface area contributed by atoms with Crippen LogP contribution < -0.4 is 5.32 Å². The van der Waals surface area contributed by atoms with Crippen molar-refractivity contribution >= 4 is 21.4 Å². The van der Waals surface area contributed by atoms with Gasteiger partial charge in [-0.15, -0.1) is 5.10 Å². The highest BCUT2D eigenvalue weighted by molar-refractivity contribution is 7.20. The number of hydrogen-bond donors (Lipinski definition) is 1. The number of hydrogen-bond acceptors (Lipinski definition) is 5. The van der Waals surface area contributed by atoms with E-state index in [2.05, 4.69) is 58.9 Å². The van der Waals surface area contributed by atoms with Gasteiger partial charge in [-0.2, -0.15) is 0 Å². The van der Waals surface area contributed by atoms with Crippen molar-refractivity contribution in [2.45, 2.75) is 77.5 Å². The summed E-state index contributed by atoms with van der Waals surface area (Å²) in [6, 6.07) is 0.250. The molecule has 122 valence electrons. The van der Waals surface area contributed by atoms with E-state index in [0.717, 1.165) is 22.2 Å². The molecule has 1 N–H and O–H groups in total. The maximum Gasteiger partial charge on any atom is 0.214 e. The van der Waals surface area contributed by atoms with E-state index in [1.165, 1.54) is 0 Å². The highest BCUT2D eigenvalue weighted by Crippen LogP contribution is 2.39. The summed E-state index contributed by atoms with van der Waals surface area (Å²) in [7, 11) is 0. The Kier molecular flexibility index (Phi) is 3.35. The third-order valence-corrected chi connectivity index (χ3v) is 5.04. The Morgan fingerprint density at radius 1 is 1.32 bits per heavy atom. The zero-order chi connectivity index (χ0) is 16.3. The van der Waals surface area contributed by atoms with Gasteiger partial charge in [0, 0.05) is 5.41 Å². The molecular formula is C16H26N4OS. The summed E-state index contributed by atoms with van der Waals surface area (Å²) in [5, 5.41) is 9.08. The Morgan fingerprint density at radius 3 is 2.50 bits per heavy atom. The molecule has 2 aromatic rings. The molecule has 0 radical (unpaired) electrons. The molecule has 0 aliphatic carbocycles. The fourth-order valence-corrected chi connectivity index (χ4v) is 3.89. The number of fused-ring (bicyclic) bond motifs is 1. The molecule has 0 aromatic carbocycles. The lowest BCUT2D eigenvalue weighted by Crippen LogP contribution is -2.38. The molecule has 3 rings (SSSR count). The van der Waals surface area contributed by atoms with Gasteiger partial charge in [-0.1, -0.05) is 32.1 Å². The topological polar surface area (TPSA) is 51.5 Å². The highest BCUT2D eigenvalue weighted by Gasteiger charge is 2.46. The fraction of sp³-hybridized carbons (Fsp3) is 0.750. The number of aromatic nitrogens is 3. The zero-order valence-corrected chi connectivity index (χ0v) is 15.3. The van der Waals surface area contributed by atoms with Gasteiger partial charge >= 0.3 is 0 Å². The van der Waals surface area contributed by atoms with Gasteiger partial charge in [0.1, 0.15) is 0 Å². The van der Waals surface area contributed by atoms with Gasteiger partial charge in [-0.05, 0) is 34.1 Å². The second-order valence-corrected chi connectivity index (χ2v) is 9.33. The first kappa shape index (κ1) is 15.7. The van der Waals surface area contributed by atoms with Crippen molar-refractivity contribution in [3.63, 3.8) is 0 Å². The lowest BCUT2D eigenvalue weighted by molar-refractivity contribution is -0.0662. The summed E-state index contributed by atoms with van der Waals surface area (Å²) < 4.78 is 8.01. The Balaban J connectivity index is 1.82. The van der Waals surface area contributed by atoms with Gasteiger partial charge in [0.25, 0.3) is 0 Å². The van der Waals surface area contributed by atoms with Crippen LogP contribution >= 0.6 is 11.3 Å². The molecule has 22 heavy (non-hydrogen) atoms. The summed E-state index contributed by atoms with van der Waals surface area (Å²) in [6.45, 7) is 15.0. The molecule has 3 heterocycles. The van der Waals surface area contributed by atoms with Crippen molar-refractivity contribution in [1.29, 1.82) is 0 Å². The number of ether oxygens (including phenoxy) is 1. The number of rotatable bonds is 2. The van der Waals surface area contributed by atoms with E-state index in [1.807, 2.05) is 10.7 Å². The van der Waals surface area contributed by atoms with Crippen LogP contribution in [0.1, 0.15) is 60.6 Å². The Morgan fingerprint density at radius 2 is 2.00 bits per heavy atom. The Hall–Kier alpha value is -1.14. The molecule has 0 spiro atoms. The van der Waals surface area contributed by atoms with Crippen LogP contribution in [0.25, 0.3) is 4.96 Å². The van der Waals surface area contributed by atoms with E-state index in [9.17, 15) is 0 Å². The van der Waals surface area contributed by atoms with Gasteiger partial charge in [-0.3, -0.25) is 0 Å². The molecule has 1 aliphatic heterocycles. The zero-order valence-electron chi connectivity index (χ0n) is 14.5. The van der Waals surface area contributed by atoms with Gasteiger partial charge in [0.15, 0.2) is 0 Å². The van der Waals surface area contributed by atoms with E-state index in [-0.39, 0.29) is 22.7 Å². The molecule has 0 bridgehead atoms. The maximum atomic E-state index is 6.13. The van der Waals surface area contributed by atoms with Crippen LogP contribution in [0.15, 0.2) is 6.20 Å². The molecule has 0 saturated carbocycles. The van der Waals surface area contributed by atoms with Crippen molar-refractivity contribution in [1.82, 2.24) is 14.6 Å². The molecule has 1 atom stereocenters. The van der Waals surface area contributed by atoms with Crippen molar-refractivity contribution < 1.29 is 4.74 Å². The largest absolute Gasteiger partial charge is 0.367 e. The standard InChI is InChI=1S/C16H26N4OS/c1-14(2,3)11-9-20-13(18-11)22-12(19-20)17-10-8-15(4,5)21-16(10,6)7/h9-10H,8H2,1-7H3,(H,17,19). The summed E-state index contributed by atoms with van der Waals surface area (Å²) in [4.78, 5) is 5.63. The molecule has 2 aromatic heterocycles. The smallest absolute Gasteiger partial charge is 0.214 e. The van der Waals surface area contributed by atoms with Crippen LogP contribution in [-0.4, -0.2) is 31.8 Å². The first-order valence-corrected chi connectivity index (χ1v) is 8.61. The van der Waals surface area contributed by atoms with Crippen molar-refractivity contribution in [2.24, 2.45) is 0 Å². The number of nitrogens with zero attached hydrogens (tertiary/aromatic N) is 3. The monoisotopic (exact) mass is 322 g/mol. The average molecular weight is 322 g/mol. The molecule has 1 unspecified atom stereocenters. The normalized spacial score (nSPS) is 24.0. The van der Waals surface area contributed by atoms with Crippen molar-refractivity contribution in [2.75, 3.05) is 5.32 Å². The number of nitrogens with one attached hydrogen (secondary N) is 1. The lowest BCUT2D eigenvalue weighted by atomic mass is 9.93. The van der Waals surface area contributed by atoms with E-state index >= 15 is 0 Å². The molecule has 6 heteroatoms. The van der Waals surface area contributed by atoms with E-state index in [0.29, 0.717) is 0 Å². The number of imidazole rings is 1. The number of anilines is 1. The molecule has 1 aliphatic rings. The van der Waals surface area contributed by atoms with Crippen LogP contribution in [0, 0.1) is 0 Å². The van der Waals surface area contributed by atoms with Gasteiger partial charge < -0.3 is 10.1 Å². The second kappa shape index (κ2) is 4.68. The molecule has 0 amide bonds. The molecule has 1 fully saturated rings. The summed E-state index contributed by atoms with van der Waals surface area (Å²) in [5.74, 6) is 0. The van der Waals surface area contributed by atoms with E-state index in [4.69, 9.17) is 9.72 Å². The average Bonchev–Trinajstić information content (AvgIpc) is 2.87. The van der Waals surface area contributed by atoms with Crippen LogP contribution in [0.2, 0.25) is 0 Å². The van der Waals surface area contributed by atoms with Gasteiger partial charge in [0.2, 0.25) is 10.1 Å². The van der Waals surface area contributed by atoms with E-state index in [1.54, 1.807) is 11.3 Å². The van der Waals surface area contributed by atoms with Crippen LogP contribution in [0.4, 0.5) is 5.13 Å². The van der Waals surface area contributed by atoms with Gasteiger partial charge in [-0.25, -0.2) is 9.50 Å². The summed E-state index contributed by atoms with van der Waals surface area (Å²) >= 11 is 1.60. The summed E-state index contributed by atoms with van der Waals surface area (Å²) in [5.41, 5.74) is 0.821. The quantitative estimate of drug-likeness (QED) is 0.912. The van der Waals surface area contributed by atoms with Crippen LogP contribution in [0.3, 0.4) is 0 Å². The lowest BCUT2D eigenvalue weighted by Gasteiger charge is -2.27. The van der Waals surface area contributed by atoms with E-state index < -0.39 is 0 Å². The first-order chi connectivity index (χ1) is 9.96. The molecule has 5 nitrogen and oxygen atoms in total. The predicted molar refractivity (Wildman–Crippen MR) is 90.8 cm³/mol. The minimum Gasteiger partial charge on any atom is -0.367 e. The van der Waals surface area contributed by atoms with Crippen LogP contribution in [0.5, 0.6) is 0 Å². The minimum absolute atomic E-state index is 0.0479. The third kappa shape index (κ3) is 2.86. The first-order valence-electron chi connectivity index (χ1n) is 7.80. The van der Waals surface area contributed by atoms with Crippen molar-refractivity contribution in [3.05, 3.63) is 11.9 Å². The predicted octanol–water partition coefficient (Wildman–Crippen LogP) is 3.85. The minimum atomic E-state index is -0.201. The van der Waals surface area contributed by atoms with Crippen molar-refractivity contribution in [3.8, 4) is 0 Å². The third-order valence-electron chi connectivity index (χ3n) is 4.18. The summed E-state index contributed by atoms with van der Waals surface area (Å²) in [6.07, 6.45) is 2.99.